The third kappa shape index (κ3) is 5.54. The molecule has 0 radical (unpaired) electrons. The number of carbonyl (C=O) groups is 4. The normalized spacial score (nSPS) is 13.0. The Morgan fingerprint density at radius 2 is 1.50 bits per heavy atom. The highest BCUT2D eigenvalue weighted by Gasteiger charge is 2.34. The van der Waals surface area contributed by atoms with Gasteiger partial charge < -0.3 is 10.1 Å². The maximum Gasteiger partial charge on any atom is 0.342 e. The van der Waals surface area contributed by atoms with Crippen LogP contribution in [0.25, 0.3) is 11.1 Å². The van der Waals surface area contributed by atoms with Crippen molar-refractivity contribution in [1.82, 2.24) is 4.90 Å². The van der Waals surface area contributed by atoms with Gasteiger partial charge in [-0.2, -0.15) is 0 Å². The van der Waals surface area contributed by atoms with Crippen LogP contribution in [-0.2, 0) is 9.53 Å². The number of unbranched alkanes of at least 4 members (excludes halogenated alkanes) is 1. The van der Waals surface area contributed by atoms with E-state index in [0.29, 0.717) is 40.1 Å². The summed E-state index contributed by atoms with van der Waals surface area (Å²) in [5, 5.41) is 5.14. The highest BCUT2D eigenvalue weighted by atomic mass is 32.1. The summed E-state index contributed by atoms with van der Waals surface area (Å²) < 4.78 is 5.62. The van der Waals surface area contributed by atoms with Gasteiger partial charge in [0, 0.05) is 23.9 Å². The fourth-order valence-corrected chi connectivity index (χ4v) is 4.97. The summed E-state index contributed by atoms with van der Waals surface area (Å²) in [6.07, 6.45) is 1.17. The average molecular weight is 505 g/mol. The molecule has 2 aromatic carbocycles. The summed E-state index contributed by atoms with van der Waals surface area (Å²) in [4.78, 5) is 52.0. The number of fused-ring (bicyclic) bond motifs is 1. The largest absolute Gasteiger partial charge is 0.456 e. The lowest BCUT2D eigenvalue weighted by Crippen LogP contribution is -2.30. The van der Waals surface area contributed by atoms with Crippen LogP contribution in [0, 0.1) is 0 Å². The number of ether oxygens (including phenoxy) is 1. The first kappa shape index (κ1) is 25.3. The molecule has 186 valence electrons. The average Bonchev–Trinajstić information content (AvgIpc) is 3.36. The van der Waals surface area contributed by atoms with Crippen LogP contribution in [0.1, 0.15) is 71.1 Å². The van der Waals surface area contributed by atoms with Gasteiger partial charge in [0.2, 0.25) is 5.91 Å². The minimum Gasteiger partial charge on any atom is -0.456 e. The molecule has 3 aromatic rings. The number of thiophene rings is 1. The number of nitrogens with one attached hydrogen (secondary N) is 1. The van der Waals surface area contributed by atoms with Crippen molar-refractivity contribution >= 4 is 40.0 Å². The summed E-state index contributed by atoms with van der Waals surface area (Å²) >= 11 is 1.28. The molecule has 1 aliphatic heterocycles. The molecule has 0 spiro atoms. The summed E-state index contributed by atoms with van der Waals surface area (Å²) in [5.74, 6) is -1.34. The second-order valence-electron chi connectivity index (χ2n) is 9.53. The molecule has 0 aliphatic carbocycles. The Balaban J connectivity index is 1.38. The molecular weight excluding hydrogens is 476 g/mol. The lowest BCUT2D eigenvalue weighted by atomic mass is 10.0. The van der Waals surface area contributed by atoms with Crippen LogP contribution in [0.5, 0.6) is 0 Å². The third-order valence-electron chi connectivity index (χ3n) is 5.65. The zero-order chi connectivity index (χ0) is 25.9. The monoisotopic (exact) mass is 504 g/mol. The van der Waals surface area contributed by atoms with Gasteiger partial charge in [-0.05, 0) is 51.3 Å². The van der Waals surface area contributed by atoms with Crippen LogP contribution in [0.15, 0.2) is 60.0 Å². The summed E-state index contributed by atoms with van der Waals surface area (Å²) in [6.45, 7) is 5.64. The highest BCUT2D eigenvalue weighted by Crippen LogP contribution is 2.37. The molecule has 7 nitrogen and oxygen atoms in total. The molecule has 1 aromatic heterocycles. The Morgan fingerprint density at radius 1 is 0.889 bits per heavy atom. The van der Waals surface area contributed by atoms with E-state index < -0.39 is 11.6 Å². The highest BCUT2D eigenvalue weighted by molar-refractivity contribution is 7.15. The smallest absolute Gasteiger partial charge is 0.342 e. The molecule has 0 unspecified atom stereocenters. The van der Waals surface area contributed by atoms with E-state index in [1.165, 1.54) is 16.2 Å². The van der Waals surface area contributed by atoms with Gasteiger partial charge in [-0.3, -0.25) is 19.3 Å². The Hall–Kier alpha value is -3.78. The van der Waals surface area contributed by atoms with Gasteiger partial charge in [-0.15, -0.1) is 11.3 Å². The van der Waals surface area contributed by atoms with Gasteiger partial charge in [0.1, 0.15) is 16.2 Å². The van der Waals surface area contributed by atoms with Crippen LogP contribution < -0.4 is 5.32 Å². The van der Waals surface area contributed by atoms with E-state index >= 15 is 0 Å². The van der Waals surface area contributed by atoms with E-state index in [2.05, 4.69) is 5.32 Å². The number of rotatable bonds is 8. The molecule has 1 N–H and O–H groups in total. The zero-order valence-electron chi connectivity index (χ0n) is 20.5. The quantitative estimate of drug-likeness (QED) is 0.239. The minimum absolute atomic E-state index is 0.190. The van der Waals surface area contributed by atoms with E-state index in [0.717, 1.165) is 5.56 Å². The van der Waals surface area contributed by atoms with Gasteiger partial charge in [0.05, 0.1) is 11.1 Å². The molecule has 0 atom stereocenters. The number of amides is 3. The molecule has 2 heterocycles. The number of nitrogens with zero attached hydrogens (tertiary/aromatic N) is 1. The van der Waals surface area contributed by atoms with E-state index in [9.17, 15) is 19.2 Å². The molecule has 0 bridgehead atoms. The number of carbonyl (C=O) groups excluding carboxylic acids is 4. The van der Waals surface area contributed by atoms with E-state index in [4.69, 9.17) is 4.74 Å². The van der Waals surface area contributed by atoms with Crippen molar-refractivity contribution in [2.24, 2.45) is 0 Å². The van der Waals surface area contributed by atoms with E-state index in [1.807, 2.05) is 35.7 Å². The Morgan fingerprint density at radius 3 is 2.11 bits per heavy atom. The Bertz CT molecular complexity index is 1270. The SMILES string of the molecule is CC(C)(C)OC(=O)c1c(-c2ccccc2)csc1NC(=O)CCCCN1C(=O)c2ccccc2C1=O. The van der Waals surface area contributed by atoms with E-state index in [1.54, 1.807) is 45.0 Å². The lowest BCUT2D eigenvalue weighted by molar-refractivity contribution is -0.116. The van der Waals surface area contributed by atoms with Gasteiger partial charge in [0.25, 0.3) is 11.8 Å². The predicted octanol–water partition coefficient (Wildman–Crippen LogP) is 5.78. The first-order valence-corrected chi connectivity index (χ1v) is 12.7. The number of imide groups is 1. The molecule has 0 saturated carbocycles. The van der Waals surface area contributed by atoms with Crippen molar-refractivity contribution in [2.75, 3.05) is 11.9 Å². The number of anilines is 1. The van der Waals surface area contributed by atoms with Crippen molar-refractivity contribution in [3.05, 3.63) is 76.7 Å². The second-order valence-corrected chi connectivity index (χ2v) is 10.4. The molecule has 4 rings (SSSR count). The van der Waals surface area contributed by atoms with Crippen LogP contribution >= 0.6 is 11.3 Å². The predicted molar refractivity (Wildman–Crippen MR) is 139 cm³/mol. The molecule has 0 saturated heterocycles. The van der Waals surface area contributed by atoms with Gasteiger partial charge in [-0.1, -0.05) is 42.5 Å². The molecule has 3 amide bonds. The van der Waals surface area contributed by atoms with Crippen molar-refractivity contribution in [3.63, 3.8) is 0 Å². The zero-order valence-corrected chi connectivity index (χ0v) is 21.3. The fourth-order valence-electron chi connectivity index (χ4n) is 4.00. The number of hydrogen-bond donors (Lipinski definition) is 1. The van der Waals surface area contributed by atoms with Gasteiger partial charge in [-0.25, -0.2) is 4.79 Å². The summed E-state index contributed by atoms with van der Waals surface area (Å²) in [6, 6.07) is 16.2. The molecular formula is C28H28N2O5S. The number of esters is 1. The Kier molecular flexibility index (Phi) is 7.35. The second kappa shape index (κ2) is 10.5. The minimum atomic E-state index is -0.682. The summed E-state index contributed by atoms with van der Waals surface area (Å²) in [5.41, 5.74) is 2.05. The third-order valence-corrected chi connectivity index (χ3v) is 6.54. The van der Waals surface area contributed by atoms with E-state index in [-0.39, 0.29) is 30.7 Å². The molecule has 36 heavy (non-hydrogen) atoms. The molecule has 1 aliphatic rings. The van der Waals surface area contributed by atoms with Gasteiger partial charge in [0.15, 0.2) is 0 Å². The number of benzene rings is 2. The standard InChI is InChI=1S/C28H28N2O5S/c1-28(2,3)35-27(34)23-21(18-11-5-4-6-12-18)17-36-24(23)29-22(31)15-9-10-16-30-25(32)19-13-7-8-14-20(19)26(30)33/h4-8,11-14,17H,9-10,15-16H2,1-3H3,(H,29,31). The first-order valence-electron chi connectivity index (χ1n) is 11.8. The van der Waals surface area contributed by atoms with Crippen molar-refractivity contribution in [1.29, 1.82) is 0 Å². The molecule has 8 heteroatoms. The van der Waals surface area contributed by atoms with Crippen LogP contribution in [0.4, 0.5) is 5.00 Å². The topological polar surface area (TPSA) is 92.8 Å². The van der Waals surface area contributed by atoms with Crippen molar-refractivity contribution < 1.29 is 23.9 Å². The van der Waals surface area contributed by atoms with Crippen LogP contribution in [-0.4, -0.2) is 40.7 Å². The number of hydrogen-bond acceptors (Lipinski definition) is 6. The van der Waals surface area contributed by atoms with Crippen LogP contribution in [0.3, 0.4) is 0 Å². The fraction of sp³-hybridized carbons (Fsp3) is 0.286. The molecule has 0 fully saturated rings. The summed E-state index contributed by atoms with van der Waals surface area (Å²) in [7, 11) is 0. The Labute approximate surface area is 214 Å². The first-order chi connectivity index (χ1) is 17.2. The van der Waals surface area contributed by atoms with Crippen molar-refractivity contribution in [3.8, 4) is 11.1 Å². The maximum atomic E-state index is 13.0. The van der Waals surface area contributed by atoms with Gasteiger partial charge >= 0.3 is 5.97 Å². The maximum absolute atomic E-state index is 13.0. The van der Waals surface area contributed by atoms with Crippen LogP contribution in [0.2, 0.25) is 0 Å². The lowest BCUT2D eigenvalue weighted by Gasteiger charge is -2.20. The van der Waals surface area contributed by atoms with Crippen molar-refractivity contribution in [2.45, 2.75) is 45.6 Å².